The fraction of sp³-hybridized carbons (Fsp3) is 1.00. The molecular weight excluding hydrogens is 222 g/mol. The third kappa shape index (κ3) is 5.04. The second-order valence-electron chi connectivity index (χ2n) is 5.24. The van der Waals surface area contributed by atoms with Crippen LogP contribution in [0.15, 0.2) is 0 Å². The lowest BCUT2D eigenvalue weighted by Gasteiger charge is -2.34. The van der Waals surface area contributed by atoms with Crippen molar-refractivity contribution in [3.63, 3.8) is 0 Å². The van der Waals surface area contributed by atoms with E-state index in [4.69, 9.17) is 4.74 Å². The van der Waals surface area contributed by atoms with Crippen LogP contribution in [0.1, 0.15) is 33.6 Å². The van der Waals surface area contributed by atoms with E-state index in [2.05, 4.69) is 19.2 Å². The Labute approximate surface area is 103 Å². The summed E-state index contributed by atoms with van der Waals surface area (Å²) in [6, 6.07) is 0.479. The van der Waals surface area contributed by atoms with E-state index >= 15 is 0 Å². The summed E-state index contributed by atoms with van der Waals surface area (Å²) in [5.74, 6) is 0.772. The van der Waals surface area contributed by atoms with Gasteiger partial charge in [-0.05, 0) is 39.9 Å². The summed E-state index contributed by atoms with van der Waals surface area (Å²) in [6.07, 6.45) is 4.76. The Morgan fingerprint density at radius 3 is 2.44 bits per heavy atom. The molecule has 2 N–H and O–H groups in total. The molecule has 1 aliphatic heterocycles. The van der Waals surface area contributed by atoms with Crippen molar-refractivity contribution in [3.05, 3.63) is 0 Å². The molecule has 3 unspecified atom stereocenters. The maximum absolute atomic E-state index is 10.1. The molecule has 4 heteroatoms. The van der Waals surface area contributed by atoms with Crippen LogP contribution in [0.2, 0.25) is 0 Å². The maximum Gasteiger partial charge on any atom is 0.0833 e. The van der Waals surface area contributed by atoms with Crippen LogP contribution in [0.25, 0.3) is 0 Å². The van der Waals surface area contributed by atoms with Crippen LogP contribution < -0.4 is 5.32 Å². The van der Waals surface area contributed by atoms with Crippen molar-refractivity contribution < 1.29 is 9.84 Å². The molecule has 1 fully saturated rings. The standard InChI is InChI=1S/C12H25NO2S/c1-9-5-11(6-10(2)15-9)13-7-12(3,14)8-16-4/h9-11,13-14H,5-8H2,1-4H3. The van der Waals surface area contributed by atoms with Gasteiger partial charge in [0.15, 0.2) is 0 Å². The van der Waals surface area contributed by atoms with Gasteiger partial charge in [0.25, 0.3) is 0 Å². The fourth-order valence-electron chi connectivity index (χ4n) is 2.30. The number of hydrogen-bond donors (Lipinski definition) is 2. The van der Waals surface area contributed by atoms with Crippen molar-refractivity contribution in [2.24, 2.45) is 0 Å². The predicted octanol–water partition coefficient (Wildman–Crippen LogP) is 1.65. The van der Waals surface area contributed by atoms with E-state index in [1.807, 2.05) is 13.2 Å². The minimum Gasteiger partial charge on any atom is -0.388 e. The quantitative estimate of drug-likeness (QED) is 0.775. The zero-order valence-corrected chi connectivity index (χ0v) is 11.6. The first-order valence-electron chi connectivity index (χ1n) is 6.03. The number of aliphatic hydroxyl groups is 1. The number of nitrogens with one attached hydrogen (secondary N) is 1. The molecule has 0 amide bonds. The fourth-order valence-corrected chi connectivity index (χ4v) is 3.02. The van der Waals surface area contributed by atoms with Gasteiger partial charge in [0, 0.05) is 18.3 Å². The Balaban J connectivity index is 2.31. The summed E-state index contributed by atoms with van der Waals surface area (Å²) < 4.78 is 5.69. The SMILES string of the molecule is CSCC(C)(O)CNC1CC(C)OC(C)C1. The molecule has 1 rings (SSSR count). The Bertz CT molecular complexity index is 201. The van der Waals surface area contributed by atoms with Crippen molar-refractivity contribution in [1.82, 2.24) is 5.32 Å². The summed E-state index contributed by atoms with van der Waals surface area (Å²) in [5.41, 5.74) is -0.607. The van der Waals surface area contributed by atoms with Gasteiger partial charge in [-0.1, -0.05) is 0 Å². The van der Waals surface area contributed by atoms with Crippen LogP contribution in [0.5, 0.6) is 0 Å². The summed E-state index contributed by atoms with van der Waals surface area (Å²) in [5, 5.41) is 13.5. The molecule has 1 heterocycles. The van der Waals surface area contributed by atoms with Crippen LogP contribution in [-0.4, -0.2) is 47.5 Å². The molecule has 1 saturated heterocycles. The smallest absolute Gasteiger partial charge is 0.0833 e. The van der Waals surface area contributed by atoms with Gasteiger partial charge in [-0.25, -0.2) is 0 Å². The van der Waals surface area contributed by atoms with Gasteiger partial charge in [0.2, 0.25) is 0 Å². The molecule has 0 saturated carbocycles. The first kappa shape index (κ1) is 14.3. The van der Waals surface area contributed by atoms with Gasteiger partial charge in [-0.15, -0.1) is 0 Å². The molecule has 16 heavy (non-hydrogen) atoms. The van der Waals surface area contributed by atoms with Crippen molar-refractivity contribution in [2.45, 2.75) is 57.5 Å². The highest BCUT2D eigenvalue weighted by Crippen LogP contribution is 2.19. The lowest BCUT2D eigenvalue weighted by molar-refractivity contribution is -0.0450. The van der Waals surface area contributed by atoms with Crippen molar-refractivity contribution in [2.75, 3.05) is 18.6 Å². The summed E-state index contributed by atoms with van der Waals surface area (Å²) >= 11 is 1.68. The van der Waals surface area contributed by atoms with Crippen molar-refractivity contribution in [1.29, 1.82) is 0 Å². The molecule has 0 aromatic rings. The monoisotopic (exact) mass is 247 g/mol. The van der Waals surface area contributed by atoms with Crippen molar-refractivity contribution >= 4 is 11.8 Å². The van der Waals surface area contributed by atoms with E-state index in [-0.39, 0.29) is 0 Å². The normalized spacial score (nSPS) is 34.7. The molecule has 0 aromatic carbocycles. The van der Waals surface area contributed by atoms with E-state index in [1.165, 1.54) is 0 Å². The van der Waals surface area contributed by atoms with Gasteiger partial charge in [-0.2, -0.15) is 11.8 Å². The molecular formula is C12H25NO2S. The highest BCUT2D eigenvalue weighted by Gasteiger charge is 2.26. The number of thioether (sulfide) groups is 1. The van der Waals surface area contributed by atoms with Crippen LogP contribution in [0.3, 0.4) is 0 Å². The Hall–Kier alpha value is 0.230. The summed E-state index contributed by atoms with van der Waals surface area (Å²) in [6.45, 7) is 6.79. The maximum atomic E-state index is 10.1. The number of ether oxygens (including phenoxy) is 1. The topological polar surface area (TPSA) is 41.5 Å². The predicted molar refractivity (Wildman–Crippen MR) is 70.0 cm³/mol. The van der Waals surface area contributed by atoms with Gasteiger partial charge in [-0.3, -0.25) is 0 Å². The van der Waals surface area contributed by atoms with Crippen LogP contribution in [-0.2, 0) is 4.74 Å². The lowest BCUT2D eigenvalue weighted by Crippen LogP contribution is -2.48. The average molecular weight is 247 g/mol. The molecule has 1 aliphatic rings. The molecule has 96 valence electrons. The summed E-state index contributed by atoms with van der Waals surface area (Å²) in [4.78, 5) is 0. The largest absolute Gasteiger partial charge is 0.388 e. The molecule has 3 atom stereocenters. The number of hydrogen-bond acceptors (Lipinski definition) is 4. The Morgan fingerprint density at radius 1 is 1.38 bits per heavy atom. The lowest BCUT2D eigenvalue weighted by atomic mass is 9.99. The molecule has 0 aliphatic carbocycles. The highest BCUT2D eigenvalue weighted by atomic mass is 32.2. The molecule has 0 spiro atoms. The zero-order chi connectivity index (χ0) is 12.2. The van der Waals surface area contributed by atoms with Gasteiger partial charge in [0.1, 0.15) is 0 Å². The van der Waals surface area contributed by atoms with E-state index in [0.29, 0.717) is 24.8 Å². The second-order valence-corrected chi connectivity index (χ2v) is 6.10. The van der Waals surface area contributed by atoms with Gasteiger partial charge in [0.05, 0.1) is 17.8 Å². The second kappa shape index (κ2) is 6.24. The minimum absolute atomic E-state index is 0.326. The van der Waals surface area contributed by atoms with E-state index in [1.54, 1.807) is 11.8 Å². The zero-order valence-electron chi connectivity index (χ0n) is 10.8. The molecule has 3 nitrogen and oxygen atoms in total. The highest BCUT2D eigenvalue weighted by molar-refractivity contribution is 7.98. The van der Waals surface area contributed by atoms with E-state index in [9.17, 15) is 5.11 Å². The first-order valence-corrected chi connectivity index (χ1v) is 7.42. The van der Waals surface area contributed by atoms with E-state index in [0.717, 1.165) is 18.6 Å². The third-order valence-electron chi connectivity index (χ3n) is 2.92. The third-order valence-corrected chi connectivity index (χ3v) is 3.83. The average Bonchev–Trinajstić information content (AvgIpc) is 2.13. The Morgan fingerprint density at radius 2 is 1.94 bits per heavy atom. The minimum atomic E-state index is -0.607. The van der Waals surface area contributed by atoms with Crippen LogP contribution >= 0.6 is 11.8 Å². The number of rotatable bonds is 5. The Kier molecular flexibility index (Phi) is 5.57. The van der Waals surface area contributed by atoms with Gasteiger partial charge >= 0.3 is 0 Å². The van der Waals surface area contributed by atoms with Crippen molar-refractivity contribution in [3.8, 4) is 0 Å². The molecule has 0 bridgehead atoms. The molecule has 0 aromatic heterocycles. The molecule has 0 radical (unpaired) electrons. The van der Waals surface area contributed by atoms with Crippen LogP contribution in [0.4, 0.5) is 0 Å². The van der Waals surface area contributed by atoms with Crippen LogP contribution in [0, 0.1) is 0 Å². The first-order chi connectivity index (χ1) is 7.43. The van der Waals surface area contributed by atoms with Gasteiger partial charge < -0.3 is 15.2 Å². The van der Waals surface area contributed by atoms with E-state index < -0.39 is 5.60 Å². The summed E-state index contributed by atoms with van der Waals surface area (Å²) in [7, 11) is 0.